The lowest BCUT2D eigenvalue weighted by Crippen LogP contribution is -2.39. The molecule has 5 nitrogen and oxygen atoms in total. The molecule has 4 rings (SSSR count). The van der Waals surface area contributed by atoms with Gasteiger partial charge in [0.1, 0.15) is 0 Å². The lowest BCUT2D eigenvalue weighted by atomic mass is 9.60. The molecule has 4 aliphatic carbocycles. The molecule has 0 aromatic rings. The van der Waals surface area contributed by atoms with Crippen LogP contribution in [0.5, 0.6) is 0 Å². The van der Waals surface area contributed by atoms with Crippen molar-refractivity contribution < 1.29 is 24.9 Å². The third-order valence-electron chi connectivity index (χ3n) is 9.97. The Balaban J connectivity index is 1.50. The largest absolute Gasteiger partial charge is 0.462 e. The number of hydrogen-bond donors (Lipinski definition) is 3. The quantitative estimate of drug-likeness (QED) is 0.296. The average Bonchev–Trinajstić information content (AvgIpc) is 3.51. The smallest absolute Gasteiger partial charge is 0.314 e. The second-order valence-corrected chi connectivity index (χ2v) is 13.3. The van der Waals surface area contributed by atoms with E-state index in [0.717, 1.165) is 30.4 Å². The molecule has 0 aromatic carbocycles. The van der Waals surface area contributed by atoms with Crippen LogP contribution >= 0.6 is 0 Å². The van der Waals surface area contributed by atoms with Crippen LogP contribution in [0.1, 0.15) is 92.4 Å². The summed E-state index contributed by atoms with van der Waals surface area (Å²) < 4.78 is 5.39. The molecule has 4 aliphatic rings. The van der Waals surface area contributed by atoms with Gasteiger partial charge in [-0.3, -0.25) is 4.79 Å². The van der Waals surface area contributed by atoms with Gasteiger partial charge < -0.3 is 20.1 Å². The Hall–Kier alpha value is -1.69. The SMILES string of the molecule is C=C1/C(=C\C=C2/CCC[C@]3(C)[C@@H](C4(/C=C/[C@@H](O)C(C)(C)C(=O)OC(C)C)CC4)CC[C@@H]23)C[C@@H](O)C[C@@H]1O. The zero-order valence-corrected chi connectivity index (χ0v) is 23.5. The monoisotopic (exact) mass is 512 g/mol. The fraction of sp³-hybridized carbons (Fsp3) is 0.719. The van der Waals surface area contributed by atoms with Crippen LogP contribution in [-0.4, -0.2) is 45.7 Å². The summed E-state index contributed by atoms with van der Waals surface area (Å²) in [6, 6.07) is 0. The van der Waals surface area contributed by atoms with Gasteiger partial charge in [-0.05, 0) is 113 Å². The first-order chi connectivity index (χ1) is 17.3. The van der Waals surface area contributed by atoms with E-state index in [0.29, 0.717) is 24.7 Å². The van der Waals surface area contributed by atoms with Crippen LogP contribution in [-0.2, 0) is 9.53 Å². The van der Waals surface area contributed by atoms with E-state index in [2.05, 4.69) is 31.7 Å². The number of aliphatic hydroxyl groups excluding tert-OH is 3. The molecule has 0 spiro atoms. The Kier molecular flexibility index (Phi) is 8.01. The number of aliphatic hydroxyl groups is 3. The summed E-state index contributed by atoms with van der Waals surface area (Å²) in [5, 5.41) is 31.3. The van der Waals surface area contributed by atoms with Crippen LogP contribution in [0.15, 0.2) is 47.6 Å². The summed E-state index contributed by atoms with van der Waals surface area (Å²) in [5.74, 6) is 0.723. The highest BCUT2D eigenvalue weighted by Crippen LogP contribution is 2.69. The molecule has 0 radical (unpaired) electrons. The van der Waals surface area contributed by atoms with Crippen LogP contribution in [0.3, 0.4) is 0 Å². The van der Waals surface area contributed by atoms with Crippen molar-refractivity contribution in [1.82, 2.24) is 0 Å². The van der Waals surface area contributed by atoms with E-state index in [1.807, 2.05) is 19.9 Å². The van der Waals surface area contributed by atoms with Crippen molar-refractivity contribution in [2.24, 2.45) is 28.1 Å². The van der Waals surface area contributed by atoms with Crippen molar-refractivity contribution in [3.63, 3.8) is 0 Å². The molecule has 0 saturated heterocycles. The van der Waals surface area contributed by atoms with Crippen LogP contribution in [0.2, 0.25) is 0 Å². The molecular formula is C32H48O5. The first-order valence-corrected chi connectivity index (χ1v) is 14.3. The zero-order chi connectivity index (χ0) is 27.2. The fourth-order valence-corrected chi connectivity index (χ4v) is 7.43. The van der Waals surface area contributed by atoms with E-state index in [-0.39, 0.29) is 22.9 Å². The molecule has 206 valence electrons. The van der Waals surface area contributed by atoms with E-state index >= 15 is 0 Å². The molecular weight excluding hydrogens is 464 g/mol. The molecule has 6 atom stereocenters. The van der Waals surface area contributed by atoms with Gasteiger partial charge in [0.25, 0.3) is 0 Å². The topological polar surface area (TPSA) is 87.0 Å². The number of fused-ring (bicyclic) bond motifs is 1. The lowest BCUT2D eigenvalue weighted by molar-refractivity contribution is -0.162. The van der Waals surface area contributed by atoms with E-state index in [1.165, 1.54) is 31.3 Å². The lowest BCUT2D eigenvalue weighted by Gasteiger charge is -2.45. The Morgan fingerprint density at radius 1 is 1.16 bits per heavy atom. The van der Waals surface area contributed by atoms with Crippen LogP contribution in [0.25, 0.3) is 0 Å². The van der Waals surface area contributed by atoms with Crippen molar-refractivity contribution in [3.05, 3.63) is 47.6 Å². The number of esters is 1. The average molecular weight is 513 g/mol. The summed E-state index contributed by atoms with van der Waals surface area (Å²) in [5.41, 5.74) is 2.53. The van der Waals surface area contributed by atoms with Gasteiger partial charge in [-0.15, -0.1) is 0 Å². The number of rotatable bonds is 7. The van der Waals surface area contributed by atoms with Gasteiger partial charge >= 0.3 is 5.97 Å². The molecule has 0 heterocycles. The van der Waals surface area contributed by atoms with E-state index in [9.17, 15) is 20.1 Å². The summed E-state index contributed by atoms with van der Waals surface area (Å²) in [6.07, 6.45) is 15.2. The first kappa shape index (κ1) is 28.3. The highest BCUT2D eigenvalue weighted by atomic mass is 16.5. The molecule has 0 amide bonds. The minimum atomic E-state index is -0.989. The predicted octanol–water partition coefficient (Wildman–Crippen LogP) is 5.80. The zero-order valence-electron chi connectivity index (χ0n) is 23.5. The van der Waals surface area contributed by atoms with E-state index < -0.39 is 23.7 Å². The summed E-state index contributed by atoms with van der Waals surface area (Å²) in [7, 11) is 0. The number of carbonyl (C=O) groups is 1. The Labute approximate surface area is 223 Å². The second kappa shape index (κ2) is 10.5. The standard InChI is InChI=1S/C32H48O5/c1-20(2)37-29(36)30(4,5)28(35)13-15-32(16-17-32)27-12-11-25-22(8-7-14-31(25,27)6)9-10-23-18-24(33)19-26(34)21(23)3/h9-10,13,15,20,24-28,33-35H,3,7-8,11-12,14,16-19H2,1-2,4-6H3/b15-13+,22-9+,23-10-/t24-,25+,26+,27+,28-,31+/m1/s1. The molecule has 0 unspecified atom stereocenters. The van der Waals surface area contributed by atoms with E-state index in [4.69, 9.17) is 4.74 Å². The number of ether oxygens (including phenoxy) is 1. The van der Waals surface area contributed by atoms with Crippen molar-refractivity contribution in [1.29, 1.82) is 0 Å². The Bertz CT molecular complexity index is 981. The number of hydrogen-bond acceptors (Lipinski definition) is 5. The van der Waals surface area contributed by atoms with Crippen molar-refractivity contribution in [3.8, 4) is 0 Å². The van der Waals surface area contributed by atoms with Gasteiger partial charge in [-0.25, -0.2) is 0 Å². The summed E-state index contributed by atoms with van der Waals surface area (Å²) in [6.45, 7) is 13.7. The van der Waals surface area contributed by atoms with Crippen LogP contribution in [0.4, 0.5) is 0 Å². The highest BCUT2D eigenvalue weighted by Gasteiger charge is 2.60. The van der Waals surface area contributed by atoms with Crippen LogP contribution < -0.4 is 0 Å². The summed E-state index contributed by atoms with van der Waals surface area (Å²) in [4.78, 5) is 12.6. The molecule has 3 N–H and O–H groups in total. The second-order valence-electron chi connectivity index (χ2n) is 13.3. The Morgan fingerprint density at radius 2 is 1.86 bits per heavy atom. The molecule has 0 aromatic heterocycles. The maximum atomic E-state index is 12.6. The summed E-state index contributed by atoms with van der Waals surface area (Å²) >= 11 is 0. The number of allylic oxidation sites excluding steroid dienone is 4. The van der Waals surface area contributed by atoms with Crippen LogP contribution in [0, 0.1) is 28.1 Å². The van der Waals surface area contributed by atoms with Crippen molar-refractivity contribution in [2.75, 3.05) is 0 Å². The minimum absolute atomic E-state index is 0.106. The van der Waals surface area contributed by atoms with Gasteiger partial charge in [0.05, 0.1) is 29.8 Å². The fourth-order valence-electron chi connectivity index (χ4n) is 7.43. The third kappa shape index (κ3) is 5.55. The van der Waals surface area contributed by atoms with Gasteiger partial charge in [-0.1, -0.05) is 43.4 Å². The molecule has 0 bridgehead atoms. The van der Waals surface area contributed by atoms with Crippen molar-refractivity contribution >= 4 is 5.97 Å². The normalized spacial score (nSPS) is 36.8. The van der Waals surface area contributed by atoms with Gasteiger partial charge in [-0.2, -0.15) is 0 Å². The maximum Gasteiger partial charge on any atom is 0.314 e. The number of carbonyl (C=O) groups excluding carboxylic acids is 1. The molecule has 37 heavy (non-hydrogen) atoms. The van der Waals surface area contributed by atoms with Crippen molar-refractivity contribution in [2.45, 2.75) is 117 Å². The predicted molar refractivity (Wildman–Crippen MR) is 147 cm³/mol. The van der Waals surface area contributed by atoms with Gasteiger partial charge in [0.15, 0.2) is 0 Å². The van der Waals surface area contributed by atoms with E-state index in [1.54, 1.807) is 13.8 Å². The minimum Gasteiger partial charge on any atom is -0.462 e. The maximum absolute atomic E-state index is 12.6. The highest BCUT2D eigenvalue weighted by molar-refractivity contribution is 5.77. The first-order valence-electron chi connectivity index (χ1n) is 14.3. The molecule has 0 aliphatic heterocycles. The Morgan fingerprint density at radius 3 is 2.51 bits per heavy atom. The molecule has 5 heteroatoms. The molecule has 4 fully saturated rings. The third-order valence-corrected chi connectivity index (χ3v) is 9.97. The van der Waals surface area contributed by atoms with Gasteiger partial charge in [0, 0.05) is 6.42 Å². The molecule has 4 saturated carbocycles. The van der Waals surface area contributed by atoms with Gasteiger partial charge in [0.2, 0.25) is 0 Å².